The molecule has 1 saturated heterocycles. The van der Waals surface area contributed by atoms with Crippen LogP contribution in [0, 0.1) is 5.41 Å². The van der Waals surface area contributed by atoms with Gasteiger partial charge < -0.3 is 5.73 Å². The minimum absolute atomic E-state index is 0.255. The molecule has 3 rings (SSSR count). The minimum Gasteiger partial charge on any atom is -0.389 e. The highest BCUT2D eigenvalue weighted by atomic mass is 32.2. The summed E-state index contributed by atoms with van der Waals surface area (Å²) in [6.45, 7) is 1.28. The Morgan fingerprint density at radius 1 is 1.19 bits per heavy atom. The average Bonchev–Trinajstić information content (AvgIpc) is 3.09. The smallest absolute Gasteiger partial charge is 0.252 e. The van der Waals surface area contributed by atoms with Crippen molar-refractivity contribution in [2.75, 3.05) is 13.1 Å². The second-order valence-corrected chi connectivity index (χ2v) is 9.78. The summed E-state index contributed by atoms with van der Waals surface area (Å²) in [5.41, 5.74) is 5.98. The number of sulfonamides is 1. The normalized spacial score (nSPS) is 22.7. The first-order valence-electron chi connectivity index (χ1n) is 7.33. The molecule has 1 aromatic heterocycles. The van der Waals surface area contributed by atoms with E-state index in [1.165, 1.54) is 37.0 Å². The number of rotatable bonds is 3. The molecule has 0 atom stereocenters. The number of thiophene rings is 1. The van der Waals surface area contributed by atoms with Gasteiger partial charge in [0.1, 0.15) is 9.20 Å². The van der Waals surface area contributed by atoms with Crippen LogP contribution in [0.15, 0.2) is 16.3 Å². The van der Waals surface area contributed by atoms with Crippen molar-refractivity contribution in [3.8, 4) is 0 Å². The number of hydrogen-bond donors (Lipinski definition) is 1. The standard InChI is InChI=1S/C14H20N2O2S3/c15-13(19)11-3-4-12(20-11)21(17,18)16-9-7-14(8-10-16)5-1-2-6-14/h3-4H,1-2,5-10H2,(H2,15,19). The maximum Gasteiger partial charge on any atom is 0.252 e. The Balaban J connectivity index is 1.75. The predicted octanol–water partition coefficient (Wildman–Crippen LogP) is 2.73. The van der Waals surface area contributed by atoms with E-state index in [9.17, 15) is 8.42 Å². The molecule has 2 fully saturated rings. The Morgan fingerprint density at radius 2 is 1.81 bits per heavy atom. The van der Waals surface area contributed by atoms with Gasteiger partial charge in [0.05, 0.1) is 4.88 Å². The van der Waals surface area contributed by atoms with Crippen molar-refractivity contribution >= 4 is 38.6 Å². The Morgan fingerprint density at radius 3 is 2.33 bits per heavy atom. The molecule has 116 valence electrons. The second-order valence-electron chi connectivity index (χ2n) is 6.09. The molecule has 4 nitrogen and oxygen atoms in total. The summed E-state index contributed by atoms with van der Waals surface area (Å²) in [4.78, 5) is 0.915. The summed E-state index contributed by atoms with van der Waals surface area (Å²) >= 11 is 6.07. The van der Waals surface area contributed by atoms with E-state index in [1.54, 1.807) is 16.4 Å². The van der Waals surface area contributed by atoms with Crippen LogP contribution in [0.3, 0.4) is 0 Å². The van der Waals surface area contributed by atoms with E-state index in [-0.39, 0.29) is 4.99 Å². The zero-order valence-electron chi connectivity index (χ0n) is 11.9. The van der Waals surface area contributed by atoms with Gasteiger partial charge in [0, 0.05) is 13.1 Å². The van der Waals surface area contributed by atoms with Gasteiger partial charge in [-0.05, 0) is 43.2 Å². The zero-order valence-corrected chi connectivity index (χ0v) is 14.3. The number of nitrogens with zero attached hydrogens (tertiary/aromatic N) is 1. The highest BCUT2D eigenvalue weighted by Crippen LogP contribution is 2.46. The van der Waals surface area contributed by atoms with Gasteiger partial charge >= 0.3 is 0 Å². The van der Waals surface area contributed by atoms with Crippen molar-refractivity contribution < 1.29 is 8.42 Å². The summed E-state index contributed by atoms with van der Waals surface area (Å²) in [6, 6.07) is 3.32. The first kappa shape index (κ1) is 15.4. The molecule has 7 heteroatoms. The quantitative estimate of drug-likeness (QED) is 0.857. The third-order valence-electron chi connectivity index (χ3n) is 4.87. The predicted molar refractivity (Wildman–Crippen MR) is 89.1 cm³/mol. The van der Waals surface area contributed by atoms with Gasteiger partial charge in [-0.2, -0.15) is 4.31 Å². The van der Waals surface area contributed by atoms with Crippen LogP contribution < -0.4 is 5.73 Å². The van der Waals surface area contributed by atoms with Crippen LogP contribution in [0.2, 0.25) is 0 Å². The van der Waals surface area contributed by atoms with Crippen LogP contribution in [-0.4, -0.2) is 30.8 Å². The van der Waals surface area contributed by atoms with Crippen LogP contribution in [0.5, 0.6) is 0 Å². The van der Waals surface area contributed by atoms with E-state index in [0.29, 0.717) is 27.6 Å². The Kier molecular flexibility index (Phi) is 4.11. The van der Waals surface area contributed by atoms with Crippen LogP contribution in [0.25, 0.3) is 0 Å². The van der Waals surface area contributed by atoms with E-state index in [4.69, 9.17) is 18.0 Å². The lowest BCUT2D eigenvalue weighted by atomic mass is 9.78. The van der Waals surface area contributed by atoms with Crippen molar-refractivity contribution in [1.82, 2.24) is 4.31 Å². The monoisotopic (exact) mass is 344 g/mol. The molecule has 1 spiro atoms. The molecule has 1 aliphatic carbocycles. The van der Waals surface area contributed by atoms with E-state index in [0.717, 1.165) is 12.8 Å². The largest absolute Gasteiger partial charge is 0.389 e. The van der Waals surface area contributed by atoms with E-state index >= 15 is 0 Å². The number of hydrogen-bond acceptors (Lipinski definition) is 4. The third kappa shape index (κ3) is 2.88. The lowest BCUT2D eigenvalue weighted by Crippen LogP contribution is -2.41. The fraction of sp³-hybridized carbons (Fsp3) is 0.643. The van der Waals surface area contributed by atoms with Crippen molar-refractivity contribution in [3.63, 3.8) is 0 Å². The molecule has 2 N–H and O–H groups in total. The zero-order chi connectivity index (χ0) is 15.1. The Labute approximate surface area is 135 Å². The summed E-state index contributed by atoms with van der Waals surface area (Å²) in [6.07, 6.45) is 7.14. The number of thiocarbonyl (C=S) groups is 1. The number of piperidine rings is 1. The maximum atomic E-state index is 12.7. The maximum absolute atomic E-state index is 12.7. The molecule has 0 amide bonds. The third-order valence-corrected chi connectivity index (χ3v) is 8.70. The first-order chi connectivity index (χ1) is 9.93. The van der Waals surface area contributed by atoms with Crippen molar-refractivity contribution in [3.05, 3.63) is 17.0 Å². The van der Waals surface area contributed by atoms with Gasteiger partial charge in [0.25, 0.3) is 10.0 Å². The fourth-order valence-corrected chi connectivity index (χ4v) is 6.49. The minimum atomic E-state index is -3.38. The summed E-state index contributed by atoms with van der Waals surface area (Å²) in [5.74, 6) is 0. The van der Waals surface area contributed by atoms with Crippen molar-refractivity contribution in [2.45, 2.75) is 42.7 Å². The van der Waals surface area contributed by atoms with Crippen LogP contribution in [0.4, 0.5) is 0 Å². The van der Waals surface area contributed by atoms with E-state index in [1.807, 2.05) is 0 Å². The first-order valence-corrected chi connectivity index (χ1v) is 9.99. The van der Waals surface area contributed by atoms with Gasteiger partial charge in [0.15, 0.2) is 0 Å². The van der Waals surface area contributed by atoms with Crippen LogP contribution >= 0.6 is 23.6 Å². The fourth-order valence-electron chi connectivity index (χ4n) is 3.54. The van der Waals surface area contributed by atoms with Crippen molar-refractivity contribution in [2.24, 2.45) is 11.1 Å². The lowest BCUT2D eigenvalue weighted by Gasteiger charge is -2.38. The second kappa shape index (κ2) is 5.61. The SMILES string of the molecule is NC(=S)c1ccc(S(=O)(=O)N2CCC3(CCCC3)CC2)s1. The van der Waals surface area contributed by atoms with Gasteiger partial charge in [-0.3, -0.25) is 0 Å². The topological polar surface area (TPSA) is 63.4 Å². The molecule has 21 heavy (non-hydrogen) atoms. The van der Waals surface area contributed by atoms with Gasteiger partial charge in [0.2, 0.25) is 0 Å². The van der Waals surface area contributed by atoms with Crippen LogP contribution in [0.1, 0.15) is 43.4 Å². The van der Waals surface area contributed by atoms with Crippen molar-refractivity contribution in [1.29, 1.82) is 0 Å². The summed E-state index contributed by atoms with van der Waals surface area (Å²) in [5, 5.41) is 0. The molecule has 2 aliphatic rings. The molecule has 0 bridgehead atoms. The molecule has 1 aromatic rings. The van der Waals surface area contributed by atoms with E-state index < -0.39 is 10.0 Å². The Hall–Kier alpha value is -0.500. The van der Waals surface area contributed by atoms with Gasteiger partial charge in [-0.15, -0.1) is 11.3 Å². The molecule has 1 saturated carbocycles. The molecule has 0 aromatic carbocycles. The molecule has 0 radical (unpaired) electrons. The van der Waals surface area contributed by atoms with Gasteiger partial charge in [-0.25, -0.2) is 8.42 Å². The summed E-state index contributed by atoms with van der Waals surface area (Å²) in [7, 11) is -3.38. The molecule has 1 aliphatic heterocycles. The molecule has 2 heterocycles. The van der Waals surface area contributed by atoms with Crippen LogP contribution in [-0.2, 0) is 10.0 Å². The molecular formula is C14H20N2O2S3. The van der Waals surface area contributed by atoms with Gasteiger partial charge in [-0.1, -0.05) is 25.1 Å². The lowest BCUT2D eigenvalue weighted by molar-refractivity contribution is 0.160. The molecular weight excluding hydrogens is 324 g/mol. The average molecular weight is 345 g/mol. The molecule has 0 unspecified atom stereocenters. The summed E-state index contributed by atoms with van der Waals surface area (Å²) < 4.78 is 27.3. The number of nitrogens with two attached hydrogens (primary N) is 1. The highest BCUT2D eigenvalue weighted by molar-refractivity contribution is 7.91. The highest BCUT2D eigenvalue weighted by Gasteiger charge is 2.40. The Bertz CT molecular complexity index is 635. The van der Waals surface area contributed by atoms with E-state index in [2.05, 4.69) is 0 Å².